The predicted octanol–water partition coefficient (Wildman–Crippen LogP) is 5.24. The Bertz CT molecular complexity index is 900. The molecule has 1 aliphatic carbocycles. The summed E-state index contributed by atoms with van der Waals surface area (Å²) >= 11 is 8.83. The van der Waals surface area contributed by atoms with E-state index < -0.39 is 0 Å². The Kier molecular flexibility index (Phi) is 3.71. The van der Waals surface area contributed by atoms with Crippen molar-refractivity contribution in [1.82, 2.24) is 9.97 Å². The fourth-order valence-corrected chi connectivity index (χ4v) is 4.13. The number of thiophene rings is 1. The van der Waals surface area contributed by atoms with Crippen molar-refractivity contribution >= 4 is 62.0 Å². The number of nitrogens with zero attached hydrogens (tertiary/aromatic N) is 2. The van der Waals surface area contributed by atoms with Crippen LogP contribution < -0.4 is 10.6 Å². The molecule has 0 saturated heterocycles. The number of carbonyl (C=O) groups excluding carboxylic acids is 1. The number of hydrogen-bond donors (Lipinski definition) is 2. The topological polar surface area (TPSA) is 66.9 Å². The lowest BCUT2D eigenvalue weighted by Crippen LogP contribution is -2.20. The largest absolute Gasteiger partial charge is 0.323 e. The molecule has 4 rings (SSSR count). The Morgan fingerprint density at radius 1 is 1.39 bits per heavy atom. The number of fused-ring (bicyclic) bond motifs is 1. The van der Waals surface area contributed by atoms with Crippen LogP contribution in [0.25, 0.3) is 10.3 Å². The van der Waals surface area contributed by atoms with Crippen LogP contribution in [0.4, 0.5) is 16.2 Å². The number of anilines is 2. The van der Waals surface area contributed by atoms with Crippen molar-refractivity contribution in [3.8, 4) is 0 Å². The summed E-state index contributed by atoms with van der Waals surface area (Å²) in [5, 5.41) is 8.48. The monoisotopic (exact) mass is 364 g/mol. The van der Waals surface area contributed by atoms with Gasteiger partial charge in [-0.15, -0.1) is 11.3 Å². The summed E-state index contributed by atoms with van der Waals surface area (Å²) in [4.78, 5) is 22.2. The highest BCUT2D eigenvalue weighted by molar-refractivity contribution is 7.18. The Hall–Kier alpha value is -1.70. The van der Waals surface area contributed by atoms with Gasteiger partial charge in [0.1, 0.15) is 10.3 Å². The molecule has 2 amide bonds. The van der Waals surface area contributed by atoms with Crippen molar-refractivity contribution in [2.24, 2.45) is 0 Å². The number of halogens is 1. The second kappa shape index (κ2) is 5.74. The molecule has 2 N–H and O–H groups in total. The summed E-state index contributed by atoms with van der Waals surface area (Å²) in [6, 6.07) is 1.42. The van der Waals surface area contributed by atoms with Crippen LogP contribution in [0, 0.1) is 6.92 Å². The van der Waals surface area contributed by atoms with Gasteiger partial charge < -0.3 is 10.6 Å². The lowest BCUT2D eigenvalue weighted by atomic mass is 10.1. The van der Waals surface area contributed by atoms with E-state index in [1.54, 1.807) is 29.0 Å². The highest BCUT2D eigenvalue weighted by Gasteiger charge is 2.30. The van der Waals surface area contributed by atoms with E-state index in [0.29, 0.717) is 15.9 Å². The van der Waals surface area contributed by atoms with Gasteiger partial charge in [0, 0.05) is 10.9 Å². The molecule has 3 aromatic rings. The lowest BCUT2D eigenvalue weighted by Gasteiger charge is -2.11. The minimum absolute atomic E-state index is 0.297. The van der Waals surface area contributed by atoms with Crippen LogP contribution in [0.2, 0.25) is 4.34 Å². The highest BCUT2D eigenvalue weighted by Crippen LogP contribution is 2.46. The van der Waals surface area contributed by atoms with Crippen LogP contribution in [0.5, 0.6) is 0 Å². The molecule has 5 nitrogen and oxygen atoms in total. The molecule has 1 aliphatic rings. The average Bonchev–Trinajstić information content (AvgIpc) is 3.14. The van der Waals surface area contributed by atoms with Crippen LogP contribution in [0.1, 0.15) is 29.3 Å². The maximum atomic E-state index is 12.2. The zero-order valence-electron chi connectivity index (χ0n) is 12.2. The third kappa shape index (κ3) is 3.04. The summed E-state index contributed by atoms with van der Waals surface area (Å²) in [5.41, 5.74) is 3.46. The number of pyridine rings is 1. The van der Waals surface area contributed by atoms with Gasteiger partial charge in [-0.3, -0.25) is 0 Å². The number of rotatable bonds is 3. The molecule has 0 radical (unpaired) electrons. The van der Waals surface area contributed by atoms with Crippen LogP contribution in [0.15, 0.2) is 17.6 Å². The molecule has 0 spiro atoms. The lowest BCUT2D eigenvalue weighted by molar-refractivity contribution is 0.262. The molecule has 8 heteroatoms. The van der Waals surface area contributed by atoms with E-state index in [4.69, 9.17) is 11.6 Å². The molecule has 3 heterocycles. The molecule has 23 heavy (non-hydrogen) atoms. The van der Waals surface area contributed by atoms with Gasteiger partial charge in [0.15, 0.2) is 0 Å². The number of thiazole rings is 1. The van der Waals surface area contributed by atoms with Gasteiger partial charge in [-0.05, 0) is 31.7 Å². The number of hydrogen-bond acceptors (Lipinski definition) is 5. The molecule has 3 aromatic heterocycles. The summed E-state index contributed by atoms with van der Waals surface area (Å²) in [7, 11) is 0. The van der Waals surface area contributed by atoms with E-state index in [9.17, 15) is 4.79 Å². The minimum Gasteiger partial charge on any atom is -0.307 e. The van der Waals surface area contributed by atoms with Crippen molar-refractivity contribution < 1.29 is 4.79 Å². The standard InChI is InChI=1S/C15H13ClN4OS2/c1-7-18-13-12(8-2-3-8)10(5-17-14(13)23-7)20-15(21)19-9-4-11(16)22-6-9/h4-6,8H,2-3H2,1H3,(H2,19,20,21). The SMILES string of the molecule is Cc1nc2c(C3CC3)c(NC(=O)Nc3csc(Cl)c3)cnc2s1. The molecule has 0 unspecified atom stereocenters. The summed E-state index contributed by atoms with van der Waals surface area (Å²) in [6.07, 6.45) is 3.99. The van der Waals surface area contributed by atoms with Gasteiger partial charge in [-0.1, -0.05) is 22.9 Å². The van der Waals surface area contributed by atoms with Crippen molar-refractivity contribution in [3.63, 3.8) is 0 Å². The highest BCUT2D eigenvalue weighted by atomic mass is 35.5. The van der Waals surface area contributed by atoms with Gasteiger partial charge in [0.25, 0.3) is 0 Å². The summed E-state index contributed by atoms with van der Waals surface area (Å²) < 4.78 is 0.639. The maximum absolute atomic E-state index is 12.2. The first-order chi connectivity index (χ1) is 11.1. The first-order valence-corrected chi connectivity index (χ1v) is 9.25. The van der Waals surface area contributed by atoms with Crippen LogP contribution in [-0.4, -0.2) is 16.0 Å². The van der Waals surface area contributed by atoms with E-state index in [1.165, 1.54) is 11.3 Å². The van der Waals surface area contributed by atoms with Gasteiger partial charge in [0.2, 0.25) is 0 Å². The van der Waals surface area contributed by atoms with Gasteiger partial charge >= 0.3 is 6.03 Å². The van der Waals surface area contributed by atoms with E-state index in [-0.39, 0.29) is 6.03 Å². The third-order valence-electron chi connectivity index (χ3n) is 3.63. The van der Waals surface area contributed by atoms with Gasteiger partial charge in [-0.2, -0.15) is 0 Å². The Morgan fingerprint density at radius 2 is 2.22 bits per heavy atom. The molecule has 0 aliphatic heterocycles. The molecular formula is C15H13ClN4OS2. The molecule has 0 bridgehead atoms. The van der Waals surface area contributed by atoms with Crippen LogP contribution >= 0.6 is 34.3 Å². The smallest absolute Gasteiger partial charge is 0.307 e. The zero-order chi connectivity index (χ0) is 16.0. The molecule has 1 saturated carbocycles. The second-order valence-electron chi connectivity index (χ2n) is 5.47. The van der Waals surface area contributed by atoms with Gasteiger partial charge in [0.05, 0.1) is 26.9 Å². The normalized spacial score (nSPS) is 14.2. The van der Waals surface area contributed by atoms with Crippen molar-refractivity contribution in [2.45, 2.75) is 25.7 Å². The Morgan fingerprint density at radius 3 is 2.91 bits per heavy atom. The van der Waals surface area contributed by atoms with Crippen molar-refractivity contribution in [2.75, 3.05) is 10.6 Å². The fraction of sp³-hybridized carbons (Fsp3) is 0.267. The minimum atomic E-state index is -0.297. The number of aryl methyl sites for hydroxylation is 1. The van der Waals surface area contributed by atoms with Crippen LogP contribution in [-0.2, 0) is 0 Å². The number of carbonyl (C=O) groups is 1. The fourth-order valence-electron chi connectivity index (χ4n) is 2.54. The predicted molar refractivity (Wildman–Crippen MR) is 96.1 cm³/mol. The number of aromatic nitrogens is 2. The first-order valence-electron chi connectivity index (χ1n) is 7.18. The molecule has 0 aromatic carbocycles. The number of urea groups is 1. The summed E-state index contributed by atoms with van der Waals surface area (Å²) in [6.45, 7) is 1.98. The van der Waals surface area contributed by atoms with Crippen molar-refractivity contribution in [1.29, 1.82) is 0 Å². The van der Waals surface area contributed by atoms with E-state index in [0.717, 1.165) is 39.4 Å². The van der Waals surface area contributed by atoms with Crippen LogP contribution in [0.3, 0.4) is 0 Å². The first kappa shape index (κ1) is 14.9. The molecule has 1 fully saturated rings. The quantitative estimate of drug-likeness (QED) is 0.668. The molecule has 118 valence electrons. The number of nitrogens with one attached hydrogen (secondary N) is 2. The van der Waals surface area contributed by atoms with E-state index in [1.807, 2.05) is 6.92 Å². The zero-order valence-corrected chi connectivity index (χ0v) is 14.6. The Labute approximate surface area is 145 Å². The summed E-state index contributed by atoms with van der Waals surface area (Å²) in [5.74, 6) is 0.466. The van der Waals surface area contributed by atoms with Gasteiger partial charge in [-0.25, -0.2) is 14.8 Å². The molecular weight excluding hydrogens is 352 g/mol. The van der Waals surface area contributed by atoms with Crippen molar-refractivity contribution in [3.05, 3.63) is 32.6 Å². The average molecular weight is 365 g/mol. The van der Waals surface area contributed by atoms with E-state index in [2.05, 4.69) is 20.6 Å². The third-order valence-corrected chi connectivity index (χ3v) is 5.60. The van der Waals surface area contributed by atoms with E-state index >= 15 is 0 Å². The maximum Gasteiger partial charge on any atom is 0.323 e. The Balaban J connectivity index is 1.63. The second-order valence-corrected chi connectivity index (χ2v) is 8.19. The number of amides is 2. The molecule has 0 atom stereocenters.